The summed E-state index contributed by atoms with van der Waals surface area (Å²) in [6.07, 6.45) is 0.123. The van der Waals surface area contributed by atoms with Crippen LogP contribution in [0.15, 0.2) is 0 Å². The van der Waals surface area contributed by atoms with Crippen molar-refractivity contribution in [3.05, 3.63) is 0 Å². The van der Waals surface area contributed by atoms with Crippen molar-refractivity contribution in [3.63, 3.8) is 0 Å². The van der Waals surface area contributed by atoms with Crippen LogP contribution < -0.4 is 9.44 Å². The van der Waals surface area contributed by atoms with Crippen molar-refractivity contribution in [2.45, 2.75) is 39.8 Å². The van der Waals surface area contributed by atoms with Crippen molar-refractivity contribution in [2.24, 2.45) is 0 Å². The molecule has 2 N–H and O–H groups in total. The van der Waals surface area contributed by atoms with E-state index in [4.69, 9.17) is 4.74 Å². The van der Waals surface area contributed by atoms with Gasteiger partial charge in [-0.1, -0.05) is 0 Å². The van der Waals surface area contributed by atoms with Crippen molar-refractivity contribution in [1.82, 2.24) is 9.44 Å². The van der Waals surface area contributed by atoms with Crippen LogP contribution in [-0.4, -0.2) is 33.7 Å². The zero-order valence-corrected chi connectivity index (χ0v) is 10.0. The van der Waals surface area contributed by atoms with E-state index in [2.05, 4.69) is 9.44 Å². The third kappa shape index (κ3) is 8.43. The highest BCUT2D eigenvalue weighted by Gasteiger charge is 2.09. The summed E-state index contributed by atoms with van der Waals surface area (Å²) in [5, 5.41) is 0. The zero-order chi connectivity index (χ0) is 11.2. The lowest BCUT2D eigenvalue weighted by atomic mass is 10.4. The van der Waals surface area contributed by atoms with Gasteiger partial charge < -0.3 is 4.74 Å². The number of ether oxygens (including phenoxy) is 1. The van der Waals surface area contributed by atoms with Gasteiger partial charge in [-0.15, -0.1) is 0 Å². The molecule has 0 aliphatic carbocycles. The molecule has 0 spiro atoms. The summed E-state index contributed by atoms with van der Waals surface area (Å²) in [7, 11) is -3.36. The fraction of sp³-hybridized carbons (Fsp3) is 1.00. The topological polar surface area (TPSA) is 67.4 Å². The van der Waals surface area contributed by atoms with Crippen molar-refractivity contribution < 1.29 is 13.2 Å². The summed E-state index contributed by atoms with van der Waals surface area (Å²) in [5.74, 6) is 0. The molecular weight excluding hydrogens is 204 g/mol. The molecule has 0 aromatic carbocycles. The van der Waals surface area contributed by atoms with E-state index in [0.717, 1.165) is 0 Å². The lowest BCUT2D eigenvalue weighted by molar-refractivity contribution is 0.0833. The Labute approximate surface area is 86.4 Å². The normalized spacial score (nSPS) is 12.7. The third-order valence-electron chi connectivity index (χ3n) is 1.24. The first-order chi connectivity index (χ1) is 6.33. The molecule has 0 unspecified atom stereocenters. The molecule has 0 aromatic rings. The van der Waals surface area contributed by atoms with Gasteiger partial charge in [-0.3, -0.25) is 0 Å². The Morgan fingerprint density at radius 1 is 1.21 bits per heavy atom. The second kappa shape index (κ2) is 6.34. The molecule has 0 saturated heterocycles. The van der Waals surface area contributed by atoms with E-state index in [9.17, 15) is 8.42 Å². The van der Waals surface area contributed by atoms with E-state index in [1.807, 2.05) is 13.8 Å². The Balaban J connectivity index is 3.67. The Morgan fingerprint density at radius 3 is 2.21 bits per heavy atom. The Kier molecular flexibility index (Phi) is 6.26. The largest absolute Gasteiger partial charge is 0.377 e. The fourth-order valence-electron chi connectivity index (χ4n) is 0.823. The van der Waals surface area contributed by atoms with Crippen molar-refractivity contribution >= 4 is 10.2 Å². The molecule has 0 atom stereocenters. The molecule has 6 heteroatoms. The van der Waals surface area contributed by atoms with Crippen LogP contribution in [0, 0.1) is 0 Å². The summed E-state index contributed by atoms with van der Waals surface area (Å²) >= 11 is 0. The molecule has 0 amide bonds. The molecule has 0 heterocycles. The smallest absolute Gasteiger partial charge is 0.277 e. The molecule has 0 rings (SSSR count). The van der Waals surface area contributed by atoms with Crippen molar-refractivity contribution in [3.8, 4) is 0 Å². The molecule has 0 aromatic heterocycles. The van der Waals surface area contributed by atoms with E-state index >= 15 is 0 Å². The minimum atomic E-state index is -3.36. The molecule has 0 aliphatic heterocycles. The number of nitrogens with one attached hydrogen (secondary N) is 2. The maximum absolute atomic E-state index is 11.2. The highest BCUT2D eigenvalue weighted by Crippen LogP contribution is 1.87. The molecule has 86 valence electrons. The van der Waals surface area contributed by atoms with Gasteiger partial charge in [0.25, 0.3) is 10.2 Å². The monoisotopic (exact) mass is 224 g/mol. The summed E-state index contributed by atoms with van der Waals surface area (Å²) in [6, 6.07) is -0.0986. The van der Waals surface area contributed by atoms with Crippen LogP contribution in [0.1, 0.15) is 27.7 Å². The van der Waals surface area contributed by atoms with Crippen molar-refractivity contribution in [1.29, 1.82) is 0 Å². The fourth-order valence-corrected chi connectivity index (χ4v) is 1.88. The maximum atomic E-state index is 11.2. The molecule has 0 radical (unpaired) electrons. The first-order valence-electron chi connectivity index (χ1n) is 4.72. The number of hydrogen-bond acceptors (Lipinski definition) is 3. The Morgan fingerprint density at radius 2 is 1.79 bits per heavy atom. The molecule has 5 nitrogen and oxygen atoms in total. The van der Waals surface area contributed by atoms with Gasteiger partial charge in [-0.2, -0.15) is 17.9 Å². The molecule has 0 bridgehead atoms. The first kappa shape index (κ1) is 13.8. The second-order valence-corrected chi connectivity index (χ2v) is 5.12. The summed E-state index contributed by atoms with van der Waals surface area (Å²) in [5.41, 5.74) is 0. The predicted octanol–water partition coefficient (Wildman–Crippen LogP) is 0.244. The number of hydrogen-bond donors (Lipinski definition) is 2. The van der Waals surface area contributed by atoms with E-state index in [0.29, 0.717) is 13.2 Å². The van der Waals surface area contributed by atoms with Gasteiger partial charge >= 0.3 is 0 Å². The van der Waals surface area contributed by atoms with Gasteiger partial charge in [0.1, 0.15) is 0 Å². The van der Waals surface area contributed by atoms with Gasteiger partial charge in [0.2, 0.25) is 0 Å². The average molecular weight is 224 g/mol. The van der Waals surface area contributed by atoms with Gasteiger partial charge in [-0.05, 0) is 27.7 Å². The van der Waals surface area contributed by atoms with E-state index in [1.54, 1.807) is 13.8 Å². The van der Waals surface area contributed by atoms with E-state index in [-0.39, 0.29) is 12.1 Å². The van der Waals surface area contributed by atoms with Crippen LogP contribution in [0.25, 0.3) is 0 Å². The molecule has 0 aliphatic rings. The standard InChI is InChI=1S/C8H20N2O3S/c1-7(2)10-14(11,12)9-5-6-13-8(3)4/h7-10H,5-6H2,1-4H3. The Bertz CT molecular complexity index is 237. The third-order valence-corrected chi connectivity index (χ3v) is 2.60. The van der Waals surface area contributed by atoms with Crippen LogP contribution >= 0.6 is 0 Å². The van der Waals surface area contributed by atoms with Crippen LogP contribution in [0.2, 0.25) is 0 Å². The minimum Gasteiger partial charge on any atom is -0.377 e. The first-order valence-corrected chi connectivity index (χ1v) is 6.20. The lowest BCUT2D eigenvalue weighted by Gasteiger charge is -2.11. The Hall–Kier alpha value is -0.170. The zero-order valence-electron chi connectivity index (χ0n) is 9.20. The predicted molar refractivity (Wildman–Crippen MR) is 56.3 cm³/mol. The van der Waals surface area contributed by atoms with E-state index in [1.165, 1.54) is 0 Å². The summed E-state index contributed by atoms with van der Waals surface area (Å²) in [4.78, 5) is 0. The molecule has 0 saturated carbocycles. The molecular formula is C8H20N2O3S. The molecule has 14 heavy (non-hydrogen) atoms. The number of rotatable bonds is 7. The van der Waals surface area contributed by atoms with Gasteiger partial charge in [0, 0.05) is 12.6 Å². The molecule has 0 fully saturated rings. The van der Waals surface area contributed by atoms with Crippen LogP contribution in [-0.2, 0) is 14.9 Å². The second-order valence-electron chi connectivity index (χ2n) is 3.59. The average Bonchev–Trinajstić information content (AvgIpc) is 1.95. The van der Waals surface area contributed by atoms with E-state index < -0.39 is 10.2 Å². The van der Waals surface area contributed by atoms with Crippen molar-refractivity contribution in [2.75, 3.05) is 13.2 Å². The minimum absolute atomic E-state index is 0.0986. The van der Waals surface area contributed by atoms with Gasteiger partial charge in [0.15, 0.2) is 0 Å². The highest BCUT2D eigenvalue weighted by atomic mass is 32.2. The van der Waals surface area contributed by atoms with Crippen LogP contribution in [0.3, 0.4) is 0 Å². The lowest BCUT2D eigenvalue weighted by Crippen LogP contribution is -2.41. The maximum Gasteiger partial charge on any atom is 0.277 e. The van der Waals surface area contributed by atoms with Gasteiger partial charge in [-0.25, -0.2) is 0 Å². The quantitative estimate of drug-likeness (QED) is 0.609. The summed E-state index contributed by atoms with van der Waals surface area (Å²) in [6.45, 7) is 8.02. The van der Waals surface area contributed by atoms with Crippen LogP contribution in [0.5, 0.6) is 0 Å². The summed E-state index contributed by atoms with van der Waals surface area (Å²) < 4.78 is 32.4. The SMILES string of the molecule is CC(C)NS(=O)(=O)NCCOC(C)C. The highest BCUT2D eigenvalue weighted by molar-refractivity contribution is 7.87. The van der Waals surface area contributed by atoms with Crippen LogP contribution in [0.4, 0.5) is 0 Å². The van der Waals surface area contributed by atoms with Gasteiger partial charge in [0.05, 0.1) is 12.7 Å².